The van der Waals surface area contributed by atoms with Crippen molar-refractivity contribution in [3.8, 4) is 0 Å². The molecular formula is C9H16BrN3S. The predicted octanol–water partition coefficient (Wildman–Crippen LogP) is 2.95. The van der Waals surface area contributed by atoms with Crippen LogP contribution in [0.2, 0.25) is 0 Å². The third-order valence-electron chi connectivity index (χ3n) is 2.23. The summed E-state index contributed by atoms with van der Waals surface area (Å²) in [7, 11) is 0. The summed E-state index contributed by atoms with van der Waals surface area (Å²) in [6.45, 7) is 6.79. The average molecular weight is 278 g/mol. The monoisotopic (exact) mass is 277 g/mol. The van der Waals surface area contributed by atoms with E-state index >= 15 is 0 Å². The second kappa shape index (κ2) is 5.16. The number of hydrogen-bond donors (Lipinski definition) is 1. The summed E-state index contributed by atoms with van der Waals surface area (Å²) in [6, 6.07) is 0. The Morgan fingerprint density at radius 3 is 2.71 bits per heavy atom. The molecule has 1 unspecified atom stereocenters. The molecule has 1 aromatic heterocycles. The number of hydrogen-bond acceptors (Lipinski definition) is 3. The lowest BCUT2D eigenvalue weighted by molar-refractivity contribution is 0.295. The summed E-state index contributed by atoms with van der Waals surface area (Å²) in [6.07, 6.45) is 1.54. The number of aromatic amines is 1. The molecule has 0 aliphatic rings. The maximum Gasteiger partial charge on any atom is 0.183 e. The van der Waals surface area contributed by atoms with Gasteiger partial charge in [-0.1, -0.05) is 48.5 Å². The number of thioether (sulfide) groups is 1. The van der Waals surface area contributed by atoms with E-state index < -0.39 is 0 Å². The van der Waals surface area contributed by atoms with E-state index in [2.05, 4.69) is 51.9 Å². The zero-order valence-corrected chi connectivity index (χ0v) is 11.2. The van der Waals surface area contributed by atoms with Gasteiger partial charge in [-0.25, -0.2) is 4.98 Å². The number of alkyl halides is 1. The van der Waals surface area contributed by atoms with Crippen LogP contribution < -0.4 is 0 Å². The number of aromatic nitrogens is 3. The number of rotatable bonds is 4. The largest absolute Gasteiger partial charge is 0.254 e. The number of nitrogens with one attached hydrogen (secondary N) is 1. The molecule has 0 aromatic carbocycles. The first-order valence-electron chi connectivity index (χ1n) is 4.58. The highest BCUT2D eigenvalue weighted by Gasteiger charge is 2.23. The van der Waals surface area contributed by atoms with Crippen LogP contribution in [0.3, 0.4) is 0 Å². The van der Waals surface area contributed by atoms with Crippen LogP contribution >= 0.6 is 27.7 Å². The second-order valence-corrected chi connectivity index (χ2v) is 5.98. The topological polar surface area (TPSA) is 41.6 Å². The van der Waals surface area contributed by atoms with Gasteiger partial charge in [0.2, 0.25) is 0 Å². The molecule has 0 radical (unpaired) electrons. The third-order valence-corrected chi connectivity index (χ3v) is 4.05. The van der Waals surface area contributed by atoms with E-state index in [1.165, 1.54) is 0 Å². The summed E-state index contributed by atoms with van der Waals surface area (Å²) in [5.41, 5.74) is 0.330. The third kappa shape index (κ3) is 3.61. The lowest BCUT2D eigenvalue weighted by Gasteiger charge is -2.28. The average Bonchev–Trinajstić information content (AvgIpc) is 2.55. The smallest absolute Gasteiger partial charge is 0.183 e. The molecule has 0 aliphatic heterocycles. The van der Waals surface area contributed by atoms with Crippen molar-refractivity contribution in [2.45, 2.75) is 25.9 Å². The molecule has 1 N–H and O–H groups in total. The summed E-state index contributed by atoms with van der Waals surface area (Å²) in [5.74, 6) is 1.70. The Morgan fingerprint density at radius 1 is 1.57 bits per heavy atom. The highest BCUT2D eigenvalue weighted by Crippen LogP contribution is 2.31. The first kappa shape index (κ1) is 12.0. The number of H-pyrrole nitrogens is 1. The Hall–Kier alpha value is -0.0300. The van der Waals surface area contributed by atoms with Crippen LogP contribution in [-0.4, -0.2) is 26.3 Å². The van der Waals surface area contributed by atoms with Crippen molar-refractivity contribution >= 4 is 27.7 Å². The Morgan fingerprint density at radius 2 is 2.29 bits per heavy atom. The van der Waals surface area contributed by atoms with Gasteiger partial charge in [-0.05, 0) is 11.3 Å². The molecule has 1 aromatic rings. The minimum Gasteiger partial charge on any atom is -0.254 e. The quantitative estimate of drug-likeness (QED) is 0.680. The van der Waals surface area contributed by atoms with E-state index in [9.17, 15) is 0 Å². The van der Waals surface area contributed by atoms with Crippen molar-refractivity contribution in [1.29, 1.82) is 0 Å². The van der Waals surface area contributed by atoms with Gasteiger partial charge in [0, 0.05) is 11.1 Å². The van der Waals surface area contributed by atoms with Crippen LogP contribution in [0.4, 0.5) is 0 Å². The molecule has 1 atom stereocenters. The van der Waals surface area contributed by atoms with Gasteiger partial charge in [-0.3, -0.25) is 5.10 Å². The molecule has 0 bridgehead atoms. The van der Waals surface area contributed by atoms with Crippen molar-refractivity contribution < 1.29 is 0 Å². The molecule has 0 spiro atoms. The summed E-state index contributed by atoms with van der Waals surface area (Å²) < 4.78 is 0. The number of halogens is 1. The van der Waals surface area contributed by atoms with Gasteiger partial charge >= 0.3 is 0 Å². The van der Waals surface area contributed by atoms with Gasteiger partial charge in [0.1, 0.15) is 6.33 Å². The first-order valence-corrected chi connectivity index (χ1v) is 6.69. The first-order chi connectivity index (χ1) is 6.54. The van der Waals surface area contributed by atoms with Crippen molar-refractivity contribution in [2.24, 2.45) is 11.3 Å². The predicted molar refractivity (Wildman–Crippen MR) is 63.8 cm³/mol. The molecule has 1 heterocycles. The molecule has 0 amide bonds. The van der Waals surface area contributed by atoms with Crippen molar-refractivity contribution in [2.75, 3.05) is 11.1 Å². The van der Waals surface area contributed by atoms with Crippen LogP contribution in [0, 0.1) is 11.3 Å². The highest BCUT2D eigenvalue weighted by molar-refractivity contribution is 9.09. The Kier molecular flexibility index (Phi) is 4.44. The SMILES string of the molecule is CC(C)(C)C(CBr)CSc1ncn[nH]1. The Labute approximate surface area is 97.6 Å². The highest BCUT2D eigenvalue weighted by atomic mass is 79.9. The Bertz CT molecular complexity index is 256. The molecule has 14 heavy (non-hydrogen) atoms. The van der Waals surface area contributed by atoms with E-state index in [4.69, 9.17) is 0 Å². The minimum absolute atomic E-state index is 0.330. The molecule has 0 fully saturated rings. The fourth-order valence-corrected chi connectivity index (χ4v) is 3.69. The fourth-order valence-electron chi connectivity index (χ4n) is 0.969. The van der Waals surface area contributed by atoms with E-state index in [0.29, 0.717) is 11.3 Å². The van der Waals surface area contributed by atoms with Crippen molar-refractivity contribution in [3.63, 3.8) is 0 Å². The van der Waals surface area contributed by atoms with Gasteiger partial charge in [0.25, 0.3) is 0 Å². The summed E-state index contributed by atoms with van der Waals surface area (Å²) in [4.78, 5) is 4.09. The van der Waals surface area contributed by atoms with E-state index in [0.717, 1.165) is 16.2 Å². The van der Waals surface area contributed by atoms with Gasteiger partial charge in [-0.2, -0.15) is 5.10 Å². The molecule has 0 saturated carbocycles. The molecule has 5 heteroatoms. The van der Waals surface area contributed by atoms with Gasteiger partial charge in [-0.15, -0.1) is 0 Å². The van der Waals surface area contributed by atoms with Crippen LogP contribution in [0.1, 0.15) is 20.8 Å². The zero-order chi connectivity index (χ0) is 10.6. The maximum absolute atomic E-state index is 4.09. The van der Waals surface area contributed by atoms with E-state index in [1.807, 2.05) is 0 Å². The minimum atomic E-state index is 0.330. The normalized spacial score (nSPS) is 14.3. The lowest BCUT2D eigenvalue weighted by atomic mass is 9.83. The van der Waals surface area contributed by atoms with Gasteiger partial charge in [0.05, 0.1) is 0 Å². The standard InChI is InChI=1S/C9H16BrN3S/c1-9(2,3)7(4-10)5-14-8-11-6-12-13-8/h6-7H,4-5H2,1-3H3,(H,11,12,13). The molecular weight excluding hydrogens is 262 g/mol. The molecule has 3 nitrogen and oxygen atoms in total. The molecule has 80 valence electrons. The van der Waals surface area contributed by atoms with Crippen LogP contribution in [-0.2, 0) is 0 Å². The van der Waals surface area contributed by atoms with Crippen LogP contribution in [0.5, 0.6) is 0 Å². The summed E-state index contributed by atoms with van der Waals surface area (Å²) in [5, 5.41) is 8.60. The van der Waals surface area contributed by atoms with Crippen LogP contribution in [0.25, 0.3) is 0 Å². The van der Waals surface area contributed by atoms with Crippen molar-refractivity contribution in [3.05, 3.63) is 6.33 Å². The van der Waals surface area contributed by atoms with Gasteiger partial charge in [0.15, 0.2) is 5.16 Å². The van der Waals surface area contributed by atoms with Gasteiger partial charge < -0.3 is 0 Å². The Balaban J connectivity index is 2.43. The summed E-state index contributed by atoms with van der Waals surface area (Å²) >= 11 is 5.28. The number of nitrogens with zero attached hydrogens (tertiary/aromatic N) is 2. The molecule has 0 saturated heterocycles. The van der Waals surface area contributed by atoms with E-state index in [1.54, 1.807) is 18.1 Å². The fraction of sp³-hybridized carbons (Fsp3) is 0.778. The van der Waals surface area contributed by atoms with Crippen LogP contribution in [0.15, 0.2) is 11.5 Å². The molecule has 1 rings (SSSR count). The van der Waals surface area contributed by atoms with Crippen molar-refractivity contribution in [1.82, 2.24) is 15.2 Å². The van der Waals surface area contributed by atoms with E-state index in [-0.39, 0.29) is 0 Å². The molecule has 0 aliphatic carbocycles. The lowest BCUT2D eigenvalue weighted by Crippen LogP contribution is -2.24. The second-order valence-electron chi connectivity index (χ2n) is 4.32. The maximum atomic E-state index is 4.09. The zero-order valence-electron chi connectivity index (χ0n) is 8.75.